The summed E-state index contributed by atoms with van der Waals surface area (Å²) in [6.45, 7) is 0. The summed E-state index contributed by atoms with van der Waals surface area (Å²) in [7, 11) is 0. The molecule has 120 valence electrons. The van der Waals surface area contributed by atoms with E-state index in [0.29, 0.717) is 5.02 Å². The third kappa shape index (κ3) is 3.26. The van der Waals surface area contributed by atoms with Gasteiger partial charge < -0.3 is 14.6 Å². The van der Waals surface area contributed by atoms with Crippen LogP contribution in [0, 0.1) is 0 Å². The highest BCUT2D eigenvalue weighted by Crippen LogP contribution is 2.23. The highest BCUT2D eigenvalue weighted by molar-refractivity contribution is 6.39. The molecule has 0 aliphatic rings. The van der Waals surface area contributed by atoms with Crippen molar-refractivity contribution in [1.82, 2.24) is 14.8 Å². The molecule has 0 spiro atoms. The van der Waals surface area contributed by atoms with Crippen molar-refractivity contribution < 1.29 is 19.4 Å². The Morgan fingerprint density at radius 1 is 1.12 bits per heavy atom. The maximum atomic E-state index is 11.6. The van der Waals surface area contributed by atoms with E-state index < -0.39 is 11.8 Å². The summed E-state index contributed by atoms with van der Waals surface area (Å²) in [5, 5.41) is 15.5. The first kappa shape index (κ1) is 15.7. The second-order valence-electron chi connectivity index (χ2n) is 4.65. The van der Waals surface area contributed by atoms with Gasteiger partial charge in [-0.05, 0) is 36.4 Å². The quantitative estimate of drug-likeness (QED) is 0.516. The van der Waals surface area contributed by atoms with Gasteiger partial charge in [-0.2, -0.15) is 0 Å². The van der Waals surface area contributed by atoms with Gasteiger partial charge in [0.15, 0.2) is 0 Å². The fraction of sp³-hybridized carbons (Fsp3) is 0. The van der Waals surface area contributed by atoms with Crippen LogP contribution in [0.5, 0.6) is 11.8 Å². The van der Waals surface area contributed by atoms with E-state index in [1.165, 1.54) is 23.0 Å². The number of pyridine rings is 1. The predicted octanol–water partition coefficient (Wildman–Crippen LogP) is 1.65. The van der Waals surface area contributed by atoms with Crippen molar-refractivity contribution in [2.75, 3.05) is 0 Å². The van der Waals surface area contributed by atoms with Crippen LogP contribution in [-0.4, -0.2) is 26.5 Å². The smallest absolute Gasteiger partial charge is 0.240 e. The number of carbonyl (C=O) groups is 2. The zero-order valence-corrected chi connectivity index (χ0v) is 12.8. The number of halogens is 1. The van der Waals surface area contributed by atoms with Crippen LogP contribution in [0.15, 0.2) is 54.9 Å². The Hall–Kier alpha value is -3.19. The molecule has 2 aromatic heterocycles. The molecule has 3 rings (SSSR count). The average molecular weight is 343 g/mol. The number of hydrogen-bond donors (Lipinski definition) is 0. The van der Waals surface area contributed by atoms with Crippen molar-refractivity contribution in [3.05, 3.63) is 65.4 Å². The second-order valence-corrected chi connectivity index (χ2v) is 5.09. The third-order valence-electron chi connectivity index (χ3n) is 3.06. The van der Waals surface area contributed by atoms with Gasteiger partial charge in [-0.15, -0.1) is 5.10 Å². The van der Waals surface area contributed by atoms with E-state index >= 15 is 0 Å². The van der Waals surface area contributed by atoms with Crippen LogP contribution in [0.25, 0.3) is 5.69 Å². The maximum absolute atomic E-state index is 11.6. The Balaban J connectivity index is 1.87. The number of ether oxygens (including phenoxy) is 1. The van der Waals surface area contributed by atoms with Crippen molar-refractivity contribution in [2.45, 2.75) is 0 Å². The first-order valence-electron chi connectivity index (χ1n) is 6.75. The molecule has 3 aromatic rings. The minimum atomic E-state index is -1.83. The fourth-order valence-corrected chi connectivity index (χ4v) is 2.08. The number of nitrogens with zero attached hydrogens (tertiary/aromatic N) is 3. The summed E-state index contributed by atoms with van der Waals surface area (Å²) in [4.78, 5) is 26.2. The van der Waals surface area contributed by atoms with Crippen LogP contribution >= 0.6 is 11.6 Å². The van der Waals surface area contributed by atoms with E-state index in [2.05, 4.69) is 10.1 Å². The van der Waals surface area contributed by atoms with Gasteiger partial charge in [0.25, 0.3) is 0 Å². The maximum Gasteiger partial charge on any atom is 0.240 e. The number of hydrogen-bond acceptors (Lipinski definition) is 6. The molecule has 0 radical (unpaired) electrons. The standard InChI is InChI=1S/C16H10ClN3O4/c17-10-3-5-11(6-4-10)20-9-7-13(19-20)24-15-12(2-1-8-18-15)14(21)16(22)23/h1-9H,(H,22,23)/p-1. The molecule has 1 aromatic carbocycles. The normalized spacial score (nSPS) is 10.4. The van der Waals surface area contributed by atoms with Gasteiger partial charge in [-0.1, -0.05) is 11.6 Å². The molecule has 0 N–H and O–H groups in total. The topological polar surface area (TPSA) is 97.1 Å². The average Bonchev–Trinajstić information content (AvgIpc) is 3.04. The van der Waals surface area contributed by atoms with E-state index in [-0.39, 0.29) is 17.3 Å². The Kier molecular flexibility index (Phi) is 4.26. The van der Waals surface area contributed by atoms with Crippen molar-refractivity contribution in [3.63, 3.8) is 0 Å². The van der Waals surface area contributed by atoms with Crippen molar-refractivity contribution in [3.8, 4) is 17.4 Å². The predicted molar refractivity (Wildman–Crippen MR) is 82.2 cm³/mol. The molecular weight excluding hydrogens is 334 g/mol. The van der Waals surface area contributed by atoms with Gasteiger partial charge in [0.2, 0.25) is 17.5 Å². The summed E-state index contributed by atoms with van der Waals surface area (Å²) in [6.07, 6.45) is 3.01. The number of Topliss-reactive ketones (excluding diaryl/α,β-unsaturated/α-hetero) is 1. The molecule has 0 aliphatic carbocycles. The molecule has 0 unspecified atom stereocenters. The third-order valence-corrected chi connectivity index (χ3v) is 3.31. The van der Waals surface area contributed by atoms with Gasteiger partial charge in [0.05, 0.1) is 11.3 Å². The lowest BCUT2D eigenvalue weighted by atomic mass is 10.2. The van der Waals surface area contributed by atoms with Gasteiger partial charge in [-0.25, -0.2) is 9.67 Å². The van der Waals surface area contributed by atoms with Gasteiger partial charge >= 0.3 is 0 Å². The molecule has 0 aliphatic heterocycles. The Morgan fingerprint density at radius 3 is 2.58 bits per heavy atom. The number of carboxylic acids is 1. The number of benzene rings is 1. The molecular formula is C16H9ClN3O4-. The van der Waals surface area contributed by atoms with Crippen LogP contribution in [0.1, 0.15) is 10.4 Å². The van der Waals surface area contributed by atoms with Crippen LogP contribution < -0.4 is 9.84 Å². The number of aromatic nitrogens is 3. The van der Waals surface area contributed by atoms with Gasteiger partial charge in [-0.3, -0.25) is 4.79 Å². The van der Waals surface area contributed by atoms with Gasteiger partial charge in [0.1, 0.15) is 5.97 Å². The molecule has 24 heavy (non-hydrogen) atoms. The Bertz CT molecular complexity index is 906. The molecule has 0 saturated heterocycles. The van der Waals surface area contributed by atoms with E-state index in [1.54, 1.807) is 36.5 Å². The van der Waals surface area contributed by atoms with E-state index in [0.717, 1.165) is 5.69 Å². The molecule has 0 bridgehead atoms. The van der Waals surface area contributed by atoms with E-state index in [9.17, 15) is 14.7 Å². The first-order chi connectivity index (χ1) is 11.5. The zero-order chi connectivity index (χ0) is 17.1. The molecule has 0 amide bonds. The summed E-state index contributed by atoms with van der Waals surface area (Å²) in [5.41, 5.74) is 0.542. The number of aliphatic carboxylic acids is 1. The van der Waals surface area contributed by atoms with Crippen molar-refractivity contribution in [2.24, 2.45) is 0 Å². The fourth-order valence-electron chi connectivity index (χ4n) is 1.95. The number of ketones is 1. The number of rotatable bonds is 5. The molecule has 0 saturated carbocycles. The lowest BCUT2D eigenvalue weighted by Gasteiger charge is -2.07. The Labute approximate surface area is 141 Å². The second kappa shape index (κ2) is 6.51. The van der Waals surface area contributed by atoms with Crippen molar-refractivity contribution >= 4 is 23.4 Å². The molecule has 2 heterocycles. The Morgan fingerprint density at radius 2 is 1.88 bits per heavy atom. The summed E-state index contributed by atoms with van der Waals surface area (Å²) >= 11 is 5.84. The first-order valence-corrected chi connectivity index (χ1v) is 7.12. The monoisotopic (exact) mass is 342 g/mol. The largest absolute Gasteiger partial charge is 0.541 e. The lowest BCUT2D eigenvalue weighted by Crippen LogP contribution is -2.31. The van der Waals surface area contributed by atoms with Gasteiger partial charge in [0, 0.05) is 23.5 Å². The molecule has 7 nitrogen and oxygen atoms in total. The highest BCUT2D eigenvalue weighted by Gasteiger charge is 2.16. The summed E-state index contributed by atoms with van der Waals surface area (Å²) < 4.78 is 6.96. The zero-order valence-electron chi connectivity index (χ0n) is 12.0. The molecule has 0 fully saturated rings. The lowest BCUT2D eigenvalue weighted by molar-refractivity contribution is -0.296. The number of carbonyl (C=O) groups excluding carboxylic acids is 2. The van der Waals surface area contributed by atoms with Crippen LogP contribution in [0.2, 0.25) is 5.02 Å². The van der Waals surface area contributed by atoms with E-state index in [4.69, 9.17) is 16.3 Å². The summed E-state index contributed by atoms with van der Waals surface area (Å²) in [6, 6.07) is 11.2. The number of carboxylic acid groups (broad SMARTS) is 1. The van der Waals surface area contributed by atoms with Crippen molar-refractivity contribution in [1.29, 1.82) is 0 Å². The molecule has 0 atom stereocenters. The highest BCUT2D eigenvalue weighted by atomic mass is 35.5. The van der Waals surface area contributed by atoms with Crippen LogP contribution in [0.3, 0.4) is 0 Å². The van der Waals surface area contributed by atoms with Crippen LogP contribution in [0.4, 0.5) is 0 Å². The summed E-state index contributed by atoms with van der Waals surface area (Å²) in [5.74, 6) is -3.06. The minimum Gasteiger partial charge on any atom is -0.541 e. The van der Waals surface area contributed by atoms with E-state index in [1.807, 2.05) is 0 Å². The minimum absolute atomic E-state index is 0.149. The SMILES string of the molecule is O=C([O-])C(=O)c1cccnc1Oc1ccn(-c2ccc(Cl)cc2)n1. The molecule has 8 heteroatoms. The van der Waals surface area contributed by atoms with Crippen LogP contribution in [-0.2, 0) is 4.79 Å².